The van der Waals surface area contributed by atoms with Gasteiger partial charge in [0.25, 0.3) is 5.91 Å². The van der Waals surface area contributed by atoms with E-state index in [1.807, 2.05) is 4.90 Å². The zero-order valence-corrected chi connectivity index (χ0v) is 10.0. The van der Waals surface area contributed by atoms with Gasteiger partial charge in [-0.15, -0.1) is 0 Å². The molecule has 1 aromatic heterocycles. The third-order valence-corrected chi connectivity index (χ3v) is 3.78. The van der Waals surface area contributed by atoms with E-state index < -0.39 is 0 Å². The van der Waals surface area contributed by atoms with E-state index in [4.69, 9.17) is 0 Å². The third-order valence-electron chi connectivity index (χ3n) is 2.87. The molecule has 0 unspecified atom stereocenters. The van der Waals surface area contributed by atoms with Gasteiger partial charge in [-0.2, -0.15) is 5.10 Å². The molecule has 0 radical (unpaired) electrons. The fourth-order valence-electron chi connectivity index (χ4n) is 1.84. The Morgan fingerprint density at radius 2 is 2.33 bits per heavy atom. The maximum absolute atomic E-state index is 11.9. The van der Waals surface area contributed by atoms with Crippen LogP contribution in [0.3, 0.4) is 0 Å². The van der Waals surface area contributed by atoms with Crippen molar-refractivity contribution in [2.75, 3.05) is 18.4 Å². The molecule has 0 aliphatic carbocycles. The molecule has 0 aromatic carbocycles. The van der Waals surface area contributed by atoms with Crippen LogP contribution in [0, 0.1) is 5.92 Å². The summed E-state index contributed by atoms with van der Waals surface area (Å²) in [6, 6.07) is 0. The lowest BCUT2D eigenvalue weighted by molar-refractivity contribution is 0.0699. The van der Waals surface area contributed by atoms with E-state index in [-0.39, 0.29) is 5.91 Å². The van der Waals surface area contributed by atoms with Gasteiger partial charge in [-0.3, -0.25) is 9.89 Å². The Hall–Kier alpha value is -0.840. The fraction of sp³-hybridized carbons (Fsp3) is 0.600. The van der Waals surface area contributed by atoms with Crippen molar-refractivity contribution in [2.24, 2.45) is 5.92 Å². The van der Waals surface area contributed by atoms with E-state index in [1.165, 1.54) is 0 Å². The van der Waals surface area contributed by atoms with Crippen LogP contribution in [-0.2, 0) is 0 Å². The number of likely N-dealkylation sites (tertiary alicyclic amines) is 1. The van der Waals surface area contributed by atoms with Crippen LogP contribution >= 0.6 is 15.9 Å². The number of aromatic nitrogens is 2. The molecule has 2 rings (SSSR count). The lowest BCUT2D eigenvalue weighted by atomic mass is 9.99. The number of halogens is 1. The molecule has 2 heterocycles. The number of amides is 1. The summed E-state index contributed by atoms with van der Waals surface area (Å²) in [6.45, 7) is 1.72. The van der Waals surface area contributed by atoms with Gasteiger partial charge in [-0.1, -0.05) is 15.9 Å². The largest absolute Gasteiger partial charge is 0.339 e. The summed E-state index contributed by atoms with van der Waals surface area (Å²) in [7, 11) is 0. The van der Waals surface area contributed by atoms with Gasteiger partial charge >= 0.3 is 0 Å². The molecule has 0 spiro atoms. The highest BCUT2D eigenvalue weighted by Crippen LogP contribution is 2.20. The Bertz CT molecular complexity index is 317. The lowest BCUT2D eigenvalue weighted by Gasteiger charge is -2.30. The Morgan fingerprint density at radius 3 is 2.87 bits per heavy atom. The number of rotatable bonds is 2. The van der Waals surface area contributed by atoms with Crippen LogP contribution in [0.1, 0.15) is 23.2 Å². The van der Waals surface area contributed by atoms with E-state index in [0.29, 0.717) is 5.56 Å². The number of hydrogen-bond donors (Lipinski definition) is 1. The summed E-state index contributed by atoms with van der Waals surface area (Å²) in [6.07, 6.45) is 5.42. The Labute approximate surface area is 97.2 Å². The average Bonchev–Trinajstić information content (AvgIpc) is 2.82. The molecule has 0 atom stereocenters. The van der Waals surface area contributed by atoms with Crippen LogP contribution < -0.4 is 0 Å². The molecular formula is C10H14BrN3O. The molecule has 1 N–H and O–H groups in total. The fourth-order valence-corrected chi connectivity index (χ4v) is 2.49. The van der Waals surface area contributed by atoms with Crippen molar-refractivity contribution >= 4 is 21.8 Å². The molecule has 1 aliphatic rings. The van der Waals surface area contributed by atoms with Gasteiger partial charge in [0, 0.05) is 24.6 Å². The van der Waals surface area contributed by atoms with Crippen molar-refractivity contribution in [3.05, 3.63) is 18.0 Å². The van der Waals surface area contributed by atoms with Crippen molar-refractivity contribution in [3.8, 4) is 0 Å². The number of alkyl halides is 1. The van der Waals surface area contributed by atoms with Crippen LogP contribution in [0.25, 0.3) is 0 Å². The summed E-state index contributed by atoms with van der Waals surface area (Å²) in [5.74, 6) is 0.815. The van der Waals surface area contributed by atoms with Crippen LogP contribution in [-0.4, -0.2) is 39.4 Å². The molecule has 15 heavy (non-hydrogen) atoms. The number of piperidine rings is 1. The number of nitrogens with one attached hydrogen (secondary N) is 1. The second-order valence-corrected chi connectivity index (χ2v) is 4.52. The quantitative estimate of drug-likeness (QED) is 0.832. The van der Waals surface area contributed by atoms with Crippen molar-refractivity contribution < 1.29 is 4.79 Å². The first-order chi connectivity index (χ1) is 7.31. The Balaban J connectivity index is 1.93. The molecule has 0 bridgehead atoms. The third kappa shape index (κ3) is 2.40. The number of carbonyl (C=O) groups is 1. The SMILES string of the molecule is O=C(c1cn[nH]c1)N1CCC(CBr)CC1. The zero-order valence-electron chi connectivity index (χ0n) is 8.45. The van der Waals surface area contributed by atoms with E-state index in [9.17, 15) is 4.79 Å². The smallest absolute Gasteiger partial charge is 0.257 e. The van der Waals surface area contributed by atoms with Gasteiger partial charge in [0.05, 0.1) is 11.8 Å². The van der Waals surface area contributed by atoms with E-state index >= 15 is 0 Å². The molecule has 1 aliphatic heterocycles. The second kappa shape index (κ2) is 4.79. The number of H-pyrrole nitrogens is 1. The summed E-state index contributed by atoms with van der Waals surface area (Å²) < 4.78 is 0. The molecule has 1 aromatic rings. The number of hydrogen-bond acceptors (Lipinski definition) is 2. The average molecular weight is 272 g/mol. The monoisotopic (exact) mass is 271 g/mol. The molecule has 82 valence electrons. The van der Waals surface area contributed by atoms with Crippen LogP contribution in [0.4, 0.5) is 0 Å². The minimum absolute atomic E-state index is 0.0942. The summed E-state index contributed by atoms with van der Waals surface area (Å²) in [5.41, 5.74) is 0.660. The minimum Gasteiger partial charge on any atom is -0.339 e. The molecule has 4 nitrogen and oxygen atoms in total. The first-order valence-electron chi connectivity index (χ1n) is 5.15. The highest BCUT2D eigenvalue weighted by molar-refractivity contribution is 9.09. The molecule has 1 amide bonds. The van der Waals surface area contributed by atoms with Crippen molar-refractivity contribution in [1.82, 2.24) is 15.1 Å². The molecular weight excluding hydrogens is 258 g/mol. The topological polar surface area (TPSA) is 49.0 Å². The van der Waals surface area contributed by atoms with Gasteiger partial charge in [-0.05, 0) is 18.8 Å². The van der Waals surface area contributed by atoms with Crippen LogP contribution in [0.2, 0.25) is 0 Å². The van der Waals surface area contributed by atoms with Crippen molar-refractivity contribution in [3.63, 3.8) is 0 Å². The predicted molar refractivity (Wildman–Crippen MR) is 61.0 cm³/mol. The summed E-state index contributed by atoms with van der Waals surface area (Å²) in [4.78, 5) is 13.8. The Kier molecular flexibility index (Phi) is 3.41. The number of nitrogens with zero attached hydrogens (tertiary/aromatic N) is 2. The van der Waals surface area contributed by atoms with Crippen LogP contribution in [0.15, 0.2) is 12.4 Å². The van der Waals surface area contributed by atoms with Gasteiger partial charge < -0.3 is 4.90 Å². The van der Waals surface area contributed by atoms with Crippen molar-refractivity contribution in [1.29, 1.82) is 0 Å². The molecule has 1 fully saturated rings. The number of aromatic amines is 1. The first-order valence-corrected chi connectivity index (χ1v) is 6.27. The molecule has 0 saturated carbocycles. The highest BCUT2D eigenvalue weighted by atomic mass is 79.9. The van der Waals surface area contributed by atoms with Gasteiger partial charge in [-0.25, -0.2) is 0 Å². The maximum atomic E-state index is 11.9. The highest BCUT2D eigenvalue weighted by Gasteiger charge is 2.23. The lowest BCUT2D eigenvalue weighted by Crippen LogP contribution is -2.38. The van der Waals surface area contributed by atoms with Crippen LogP contribution in [0.5, 0.6) is 0 Å². The summed E-state index contributed by atoms with van der Waals surface area (Å²) >= 11 is 3.49. The predicted octanol–water partition coefficient (Wildman–Crippen LogP) is 1.66. The van der Waals surface area contributed by atoms with E-state index in [1.54, 1.807) is 12.4 Å². The van der Waals surface area contributed by atoms with Gasteiger partial charge in [0.2, 0.25) is 0 Å². The Morgan fingerprint density at radius 1 is 1.60 bits per heavy atom. The normalized spacial score (nSPS) is 18.1. The van der Waals surface area contributed by atoms with Gasteiger partial charge in [0.15, 0.2) is 0 Å². The van der Waals surface area contributed by atoms with E-state index in [2.05, 4.69) is 26.1 Å². The second-order valence-electron chi connectivity index (χ2n) is 3.88. The van der Waals surface area contributed by atoms with E-state index in [0.717, 1.165) is 37.2 Å². The summed E-state index contributed by atoms with van der Waals surface area (Å²) in [5, 5.41) is 7.50. The molecule has 5 heteroatoms. The van der Waals surface area contributed by atoms with Gasteiger partial charge in [0.1, 0.15) is 0 Å². The molecule has 1 saturated heterocycles. The maximum Gasteiger partial charge on any atom is 0.257 e. The standard InChI is InChI=1S/C10H14BrN3O/c11-5-8-1-3-14(4-2-8)10(15)9-6-12-13-7-9/h6-8H,1-5H2,(H,12,13). The minimum atomic E-state index is 0.0942. The first kappa shape index (κ1) is 10.7. The zero-order chi connectivity index (χ0) is 10.7. The number of carbonyl (C=O) groups excluding carboxylic acids is 1. The van der Waals surface area contributed by atoms with Crippen molar-refractivity contribution in [2.45, 2.75) is 12.8 Å².